The van der Waals surface area contributed by atoms with Crippen LogP contribution in [0.15, 0.2) is 68.6 Å². The minimum Gasteiger partial charge on any atom is -0.506 e. The predicted octanol–water partition coefficient (Wildman–Crippen LogP) is 4.18. The lowest BCUT2D eigenvalue weighted by molar-refractivity contribution is 0.458. The molecule has 0 atom stereocenters. The number of hydrogen-bond acceptors (Lipinski definition) is 9. The van der Waals surface area contributed by atoms with Crippen LogP contribution in [-0.4, -0.2) is 54.3 Å². The quantitative estimate of drug-likeness (QED) is 0.255. The summed E-state index contributed by atoms with van der Waals surface area (Å²) in [4.78, 5) is -0.653. The van der Waals surface area contributed by atoms with Gasteiger partial charge in [-0.2, -0.15) is 17.8 Å². The highest BCUT2D eigenvalue weighted by atomic mass is 35.7. The van der Waals surface area contributed by atoms with Crippen molar-refractivity contribution in [2.45, 2.75) is 36.1 Å². The first-order valence-corrected chi connectivity index (χ1v) is 16.0. The van der Waals surface area contributed by atoms with Crippen molar-refractivity contribution in [3.05, 3.63) is 48.5 Å². The normalized spacial score (nSPS) is 13.4. The molecule has 3 aromatic carbocycles. The summed E-state index contributed by atoms with van der Waals surface area (Å²) in [7, 11) is -4.24. The second-order valence-corrected chi connectivity index (χ2v) is 15.4. The SMILES string of the molecule is CN(C)S(=O)(=O)Nc1cccc2c(O)c(S(=O)(=O)NC(C)(C)C)cc(N=Nc3ccc(S(=O)(=O)Cl)cc3)c12. The Morgan fingerprint density at radius 2 is 1.53 bits per heavy atom. The highest BCUT2D eigenvalue weighted by molar-refractivity contribution is 8.13. The molecule has 0 heterocycles. The number of phenolic OH excluding ortho intramolecular Hbond substituents is 1. The number of phenols is 1. The first kappa shape index (κ1) is 29.7. The van der Waals surface area contributed by atoms with Gasteiger partial charge in [-0.15, -0.1) is 5.11 Å². The first-order chi connectivity index (χ1) is 17.3. The smallest absolute Gasteiger partial charge is 0.301 e. The van der Waals surface area contributed by atoms with Crippen molar-refractivity contribution >= 4 is 67.8 Å². The lowest BCUT2D eigenvalue weighted by Crippen LogP contribution is -2.40. The van der Waals surface area contributed by atoms with E-state index in [2.05, 4.69) is 19.7 Å². The van der Waals surface area contributed by atoms with Crippen molar-refractivity contribution in [1.29, 1.82) is 0 Å². The molecular weight excluding hydrogens is 578 g/mol. The molecule has 0 aliphatic carbocycles. The van der Waals surface area contributed by atoms with Crippen LogP contribution in [-0.2, 0) is 29.3 Å². The van der Waals surface area contributed by atoms with Gasteiger partial charge in [-0.25, -0.2) is 21.6 Å². The van der Waals surface area contributed by atoms with Crippen molar-refractivity contribution in [2.75, 3.05) is 18.8 Å². The maximum absolute atomic E-state index is 13.1. The summed E-state index contributed by atoms with van der Waals surface area (Å²) >= 11 is 0. The van der Waals surface area contributed by atoms with Gasteiger partial charge in [0, 0.05) is 41.1 Å². The lowest BCUT2D eigenvalue weighted by Gasteiger charge is -2.22. The number of hydrogen-bond donors (Lipinski definition) is 3. The molecule has 0 fully saturated rings. The number of benzene rings is 3. The van der Waals surface area contributed by atoms with E-state index >= 15 is 0 Å². The third kappa shape index (κ3) is 6.78. The monoisotopic (exact) mass is 603 g/mol. The van der Waals surface area contributed by atoms with Crippen LogP contribution in [0, 0.1) is 0 Å². The van der Waals surface area contributed by atoms with Crippen LogP contribution >= 0.6 is 10.7 Å². The summed E-state index contributed by atoms with van der Waals surface area (Å²) in [5, 5.41) is 19.2. The van der Waals surface area contributed by atoms with E-state index in [1.165, 1.54) is 56.6 Å². The molecule has 38 heavy (non-hydrogen) atoms. The lowest BCUT2D eigenvalue weighted by atomic mass is 10.1. The molecule has 0 radical (unpaired) electrons. The zero-order chi connectivity index (χ0) is 28.7. The molecule has 3 rings (SSSR count). The molecule has 12 nitrogen and oxygen atoms in total. The first-order valence-electron chi connectivity index (χ1n) is 10.8. The van der Waals surface area contributed by atoms with E-state index in [4.69, 9.17) is 10.7 Å². The second kappa shape index (κ2) is 10.4. The summed E-state index contributed by atoms with van der Waals surface area (Å²) in [5.74, 6) is -0.613. The second-order valence-electron chi connectivity index (χ2n) is 9.35. The van der Waals surface area contributed by atoms with Gasteiger partial charge in [0.25, 0.3) is 9.05 Å². The maximum atomic E-state index is 13.1. The molecular formula is C22H26ClN5O7S3. The van der Waals surface area contributed by atoms with Crippen LogP contribution in [0.5, 0.6) is 5.75 Å². The van der Waals surface area contributed by atoms with Gasteiger partial charge in [-0.1, -0.05) is 12.1 Å². The Morgan fingerprint density at radius 3 is 2.05 bits per heavy atom. The van der Waals surface area contributed by atoms with Crippen LogP contribution in [0.4, 0.5) is 17.1 Å². The summed E-state index contributed by atoms with van der Waals surface area (Å²) < 4.78 is 80.2. The maximum Gasteiger partial charge on any atom is 0.301 e. The molecule has 0 saturated carbocycles. The zero-order valence-corrected chi connectivity index (χ0v) is 24.2. The van der Waals surface area contributed by atoms with Gasteiger partial charge in [0.1, 0.15) is 10.6 Å². The third-order valence-electron chi connectivity index (χ3n) is 4.92. The molecule has 0 amide bonds. The van der Waals surface area contributed by atoms with Gasteiger partial charge in [0.05, 0.1) is 22.0 Å². The number of aromatic hydroxyl groups is 1. The van der Waals surface area contributed by atoms with Crippen molar-refractivity contribution in [1.82, 2.24) is 9.03 Å². The van der Waals surface area contributed by atoms with E-state index in [0.717, 1.165) is 10.4 Å². The van der Waals surface area contributed by atoms with Crippen LogP contribution in [0.2, 0.25) is 0 Å². The van der Waals surface area contributed by atoms with E-state index in [-0.39, 0.29) is 32.7 Å². The van der Waals surface area contributed by atoms with Crippen molar-refractivity contribution in [2.24, 2.45) is 10.2 Å². The average Bonchev–Trinajstić information content (AvgIpc) is 2.76. The fourth-order valence-electron chi connectivity index (χ4n) is 3.27. The largest absolute Gasteiger partial charge is 0.506 e. The number of rotatable bonds is 8. The predicted molar refractivity (Wildman–Crippen MR) is 146 cm³/mol. The standard InChI is InChI=1S/C22H26ClN5O7S3/c1-22(2,3)27-37(32,33)19-13-18(25-24-14-9-11-15(12-10-14)36(23,30)31)20-16(21(19)29)7-6-8-17(20)26-38(34,35)28(4)5/h6-13,26-27,29H,1-5H3. The van der Waals surface area contributed by atoms with Crippen molar-refractivity contribution in [3.63, 3.8) is 0 Å². The molecule has 0 aliphatic heterocycles. The number of sulfonamides is 1. The summed E-state index contributed by atoms with van der Waals surface area (Å²) in [6.45, 7) is 4.88. The van der Waals surface area contributed by atoms with E-state index in [1.54, 1.807) is 20.8 Å². The molecule has 0 spiro atoms. The highest BCUT2D eigenvalue weighted by Gasteiger charge is 2.28. The number of fused-ring (bicyclic) bond motifs is 1. The summed E-state index contributed by atoms with van der Waals surface area (Å²) in [6.07, 6.45) is 0. The van der Waals surface area contributed by atoms with E-state index in [9.17, 15) is 30.4 Å². The van der Waals surface area contributed by atoms with Gasteiger partial charge in [0.2, 0.25) is 10.0 Å². The Labute approximate surface area is 226 Å². The Hall–Kier alpha value is -2.82. The Morgan fingerprint density at radius 1 is 0.921 bits per heavy atom. The minimum atomic E-state index is -4.26. The van der Waals surface area contributed by atoms with Gasteiger partial charge in [-0.3, -0.25) is 4.72 Å². The third-order valence-corrected chi connectivity index (χ3v) is 9.50. The van der Waals surface area contributed by atoms with Crippen LogP contribution < -0.4 is 9.44 Å². The number of anilines is 1. The topological polar surface area (TPSA) is 175 Å². The van der Waals surface area contributed by atoms with E-state index < -0.39 is 45.5 Å². The molecule has 3 N–H and O–H groups in total. The van der Waals surface area contributed by atoms with Gasteiger partial charge in [0.15, 0.2) is 0 Å². The average molecular weight is 604 g/mol. The zero-order valence-electron chi connectivity index (χ0n) is 21.0. The Balaban J connectivity index is 2.29. The number of nitrogens with zero attached hydrogens (tertiary/aromatic N) is 3. The number of nitrogens with one attached hydrogen (secondary N) is 2. The highest BCUT2D eigenvalue weighted by Crippen LogP contribution is 2.43. The molecule has 206 valence electrons. The molecule has 0 aromatic heterocycles. The van der Waals surface area contributed by atoms with Gasteiger partial charge >= 0.3 is 10.2 Å². The van der Waals surface area contributed by atoms with Gasteiger partial charge in [-0.05, 0) is 57.2 Å². The minimum absolute atomic E-state index is 0.00160. The van der Waals surface area contributed by atoms with Crippen LogP contribution in [0.25, 0.3) is 10.8 Å². The molecule has 16 heteroatoms. The number of halogens is 1. The molecule has 0 unspecified atom stereocenters. The van der Waals surface area contributed by atoms with Crippen molar-refractivity contribution < 1.29 is 30.4 Å². The van der Waals surface area contributed by atoms with E-state index in [0.29, 0.717) is 0 Å². The van der Waals surface area contributed by atoms with Crippen LogP contribution in [0.3, 0.4) is 0 Å². The number of azo groups is 1. The molecule has 0 saturated heterocycles. The molecule has 3 aromatic rings. The fraction of sp³-hybridized carbons (Fsp3) is 0.273. The summed E-state index contributed by atoms with van der Waals surface area (Å²) in [6, 6.07) is 10.4. The molecule has 0 bridgehead atoms. The van der Waals surface area contributed by atoms with Crippen LogP contribution in [0.1, 0.15) is 20.8 Å². The van der Waals surface area contributed by atoms with Gasteiger partial charge < -0.3 is 5.11 Å². The van der Waals surface area contributed by atoms with E-state index in [1.807, 2.05) is 0 Å². The molecule has 0 aliphatic rings. The fourth-order valence-corrected chi connectivity index (χ4v) is 6.21. The Bertz CT molecular complexity index is 1730. The Kier molecular flexibility index (Phi) is 8.13. The summed E-state index contributed by atoms with van der Waals surface area (Å²) in [5.41, 5.74) is -0.760. The van der Waals surface area contributed by atoms with Crippen molar-refractivity contribution in [3.8, 4) is 5.75 Å².